The Morgan fingerprint density at radius 3 is 2.40 bits per heavy atom. The van der Waals surface area contributed by atoms with Crippen LogP contribution in [0, 0.1) is 11.7 Å². The number of carbonyl (C=O) groups is 2. The van der Waals surface area contributed by atoms with Gasteiger partial charge >= 0.3 is 0 Å². The van der Waals surface area contributed by atoms with Gasteiger partial charge in [0.15, 0.2) is 0 Å². The molecule has 6 heteroatoms. The fourth-order valence-electron chi connectivity index (χ4n) is 5.53. The van der Waals surface area contributed by atoms with Gasteiger partial charge in [-0.1, -0.05) is 37.8 Å². The van der Waals surface area contributed by atoms with Crippen molar-refractivity contribution in [1.82, 2.24) is 15.1 Å². The number of halogens is 1. The topological polar surface area (TPSA) is 52.7 Å². The summed E-state index contributed by atoms with van der Waals surface area (Å²) < 4.78 is 13.8. The number of hydrogen-bond acceptors (Lipinski definition) is 3. The Hall–Kier alpha value is -1.95. The van der Waals surface area contributed by atoms with E-state index in [0.717, 1.165) is 76.8 Å². The van der Waals surface area contributed by atoms with Gasteiger partial charge in [-0.05, 0) is 43.4 Å². The van der Waals surface area contributed by atoms with E-state index in [1.807, 2.05) is 11.0 Å². The Kier molecular flexibility index (Phi) is 6.71. The summed E-state index contributed by atoms with van der Waals surface area (Å²) in [5.41, 5.74) is 0.214. The molecule has 2 saturated carbocycles. The quantitative estimate of drug-likeness (QED) is 0.777. The van der Waals surface area contributed by atoms with Crippen LogP contribution in [-0.4, -0.2) is 60.9 Å². The van der Waals surface area contributed by atoms with Crippen LogP contribution in [-0.2, 0) is 15.0 Å². The number of nitrogens with one attached hydrogen (secondary N) is 1. The average Bonchev–Trinajstić information content (AvgIpc) is 3.47. The summed E-state index contributed by atoms with van der Waals surface area (Å²) in [5.74, 6) is 0.345. The standard InChI is InChI=1S/C24H34FN3O2/c25-21-9-5-8-20(18-21)24(10-3-4-11-24)23(30)26-12-13-27-14-16-28(17-15-27)22(29)19-6-1-2-7-19/h5,8-9,18-19H,1-4,6-7,10-17H2,(H,26,30). The van der Waals surface area contributed by atoms with Crippen LogP contribution >= 0.6 is 0 Å². The van der Waals surface area contributed by atoms with E-state index in [9.17, 15) is 14.0 Å². The largest absolute Gasteiger partial charge is 0.354 e. The first kappa shape index (κ1) is 21.3. The van der Waals surface area contributed by atoms with Crippen LogP contribution in [0.15, 0.2) is 24.3 Å². The second-order valence-electron chi connectivity index (χ2n) is 9.20. The number of amides is 2. The first-order valence-corrected chi connectivity index (χ1v) is 11.6. The lowest BCUT2D eigenvalue weighted by atomic mass is 9.78. The normalized spacial score (nSPS) is 22.4. The zero-order valence-electron chi connectivity index (χ0n) is 17.9. The predicted octanol–water partition coefficient (Wildman–Crippen LogP) is 3.09. The molecule has 0 aromatic heterocycles. The van der Waals surface area contributed by atoms with Crippen molar-refractivity contribution in [3.63, 3.8) is 0 Å². The molecule has 2 aliphatic carbocycles. The van der Waals surface area contributed by atoms with Gasteiger partial charge in [0, 0.05) is 45.2 Å². The van der Waals surface area contributed by atoms with Crippen molar-refractivity contribution in [2.24, 2.45) is 5.92 Å². The lowest BCUT2D eigenvalue weighted by Crippen LogP contribution is -2.52. The third-order valence-electron chi connectivity index (χ3n) is 7.37. The van der Waals surface area contributed by atoms with E-state index in [-0.39, 0.29) is 17.6 Å². The molecule has 1 aromatic carbocycles. The van der Waals surface area contributed by atoms with E-state index in [4.69, 9.17) is 0 Å². The molecule has 164 valence electrons. The minimum Gasteiger partial charge on any atom is -0.354 e. The third-order valence-corrected chi connectivity index (χ3v) is 7.37. The van der Waals surface area contributed by atoms with Crippen molar-refractivity contribution in [3.8, 4) is 0 Å². The molecule has 30 heavy (non-hydrogen) atoms. The first-order valence-electron chi connectivity index (χ1n) is 11.6. The van der Waals surface area contributed by atoms with Crippen LogP contribution in [0.5, 0.6) is 0 Å². The lowest BCUT2D eigenvalue weighted by molar-refractivity contribution is -0.137. The Labute approximate surface area is 179 Å². The molecule has 4 rings (SSSR count). The third kappa shape index (κ3) is 4.53. The van der Waals surface area contributed by atoms with E-state index in [0.29, 0.717) is 12.5 Å². The molecule has 0 radical (unpaired) electrons. The fraction of sp³-hybridized carbons (Fsp3) is 0.667. The van der Waals surface area contributed by atoms with Gasteiger partial charge in [-0.25, -0.2) is 4.39 Å². The summed E-state index contributed by atoms with van der Waals surface area (Å²) in [5, 5.41) is 3.13. The number of rotatable bonds is 6. The summed E-state index contributed by atoms with van der Waals surface area (Å²) in [6, 6.07) is 6.53. The molecule has 1 saturated heterocycles. The number of benzene rings is 1. The highest BCUT2D eigenvalue weighted by molar-refractivity contribution is 5.88. The molecule has 2 amide bonds. The van der Waals surface area contributed by atoms with Crippen LogP contribution < -0.4 is 5.32 Å². The second kappa shape index (κ2) is 9.46. The molecule has 1 heterocycles. The number of carbonyl (C=O) groups excluding carboxylic acids is 2. The van der Waals surface area contributed by atoms with Gasteiger partial charge in [-0.3, -0.25) is 14.5 Å². The maximum Gasteiger partial charge on any atom is 0.230 e. The molecule has 0 unspecified atom stereocenters. The van der Waals surface area contributed by atoms with E-state index >= 15 is 0 Å². The van der Waals surface area contributed by atoms with Crippen LogP contribution in [0.1, 0.15) is 56.9 Å². The van der Waals surface area contributed by atoms with Gasteiger partial charge in [0.05, 0.1) is 5.41 Å². The number of piperazine rings is 1. The SMILES string of the molecule is O=C(C1CCCC1)N1CCN(CCNC(=O)C2(c3cccc(F)c3)CCCC2)CC1. The van der Waals surface area contributed by atoms with Gasteiger partial charge in [0.1, 0.15) is 5.82 Å². The molecule has 5 nitrogen and oxygen atoms in total. The van der Waals surface area contributed by atoms with E-state index in [1.54, 1.807) is 6.07 Å². The zero-order valence-corrected chi connectivity index (χ0v) is 17.9. The van der Waals surface area contributed by atoms with Gasteiger partial charge in [0.25, 0.3) is 0 Å². The van der Waals surface area contributed by atoms with Gasteiger partial charge in [0.2, 0.25) is 11.8 Å². The van der Waals surface area contributed by atoms with Crippen LogP contribution in [0.4, 0.5) is 4.39 Å². The van der Waals surface area contributed by atoms with Crippen molar-refractivity contribution >= 4 is 11.8 Å². The highest BCUT2D eigenvalue weighted by atomic mass is 19.1. The monoisotopic (exact) mass is 415 g/mol. The summed E-state index contributed by atoms with van der Waals surface area (Å²) in [4.78, 5) is 30.0. The van der Waals surface area contributed by atoms with Crippen molar-refractivity contribution in [3.05, 3.63) is 35.6 Å². The van der Waals surface area contributed by atoms with E-state index in [1.165, 1.54) is 25.0 Å². The molecule has 0 bridgehead atoms. The highest BCUT2D eigenvalue weighted by Gasteiger charge is 2.42. The molecule has 3 fully saturated rings. The Morgan fingerprint density at radius 1 is 1.03 bits per heavy atom. The molecule has 1 aliphatic heterocycles. The van der Waals surface area contributed by atoms with Gasteiger partial charge in [-0.15, -0.1) is 0 Å². The fourth-order valence-corrected chi connectivity index (χ4v) is 5.53. The molecular formula is C24H34FN3O2. The van der Waals surface area contributed by atoms with Crippen LogP contribution in [0.2, 0.25) is 0 Å². The summed E-state index contributed by atoms with van der Waals surface area (Å²) in [7, 11) is 0. The van der Waals surface area contributed by atoms with Gasteiger partial charge in [-0.2, -0.15) is 0 Å². The Morgan fingerprint density at radius 2 is 1.73 bits per heavy atom. The second-order valence-corrected chi connectivity index (χ2v) is 9.20. The van der Waals surface area contributed by atoms with Crippen molar-refractivity contribution in [2.45, 2.75) is 56.8 Å². The smallest absolute Gasteiger partial charge is 0.230 e. The van der Waals surface area contributed by atoms with E-state index in [2.05, 4.69) is 10.2 Å². The minimum atomic E-state index is -0.589. The van der Waals surface area contributed by atoms with Crippen LogP contribution in [0.3, 0.4) is 0 Å². The summed E-state index contributed by atoms with van der Waals surface area (Å²) in [6.07, 6.45) is 8.05. The summed E-state index contributed by atoms with van der Waals surface area (Å²) in [6.45, 7) is 4.68. The maximum absolute atomic E-state index is 13.8. The average molecular weight is 416 g/mol. The lowest BCUT2D eigenvalue weighted by Gasteiger charge is -2.36. The molecule has 0 spiro atoms. The predicted molar refractivity (Wildman–Crippen MR) is 115 cm³/mol. The molecule has 1 aromatic rings. The summed E-state index contributed by atoms with van der Waals surface area (Å²) >= 11 is 0. The van der Waals surface area contributed by atoms with Gasteiger partial charge < -0.3 is 10.2 Å². The van der Waals surface area contributed by atoms with Crippen molar-refractivity contribution < 1.29 is 14.0 Å². The Bertz CT molecular complexity index is 749. The van der Waals surface area contributed by atoms with Crippen molar-refractivity contribution in [1.29, 1.82) is 0 Å². The number of hydrogen-bond donors (Lipinski definition) is 1. The maximum atomic E-state index is 13.8. The highest BCUT2D eigenvalue weighted by Crippen LogP contribution is 2.41. The molecule has 0 atom stereocenters. The first-order chi connectivity index (χ1) is 14.6. The molecule has 1 N–H and O–H groups in total. The zero-order chi connectivity index (χ0) is 21.0. The van der Waals surface area contributed by atoms with Crippen LogP contribution in [0.25, 0.3) is 0 Å². The number of nitrogens with zero attached hydrogens (tertiary/aromatic N) is 2. The van der Waals surface area contributed by atoms with Crippen molar-refractivity contribution in [2.75, 3.05) is 39.3 Å². The molecular weight excluding hydrogens is 381 g/mol. The van der Waals surface area contributed by atoms with E-state index < -0.39 is 5.41 Å². The Balaban J connectivity index is 1.25. The minimum absolute atomic E-state index is 0.0284. The molecule has 3 aliphatic rings.